The van der Waals surface area contributed by atoms with Crippen LogP contribution in [0.4, 0.5) is 0 Å². The highest BCUT2D eigenvalue weighted by molar-refractivity contribution is 5.75. The lowest BCUT2D eigenvalue weighted by molar-refractivity contribution is -0.117. The molecule has 0 saturated carbocycles. The molecule has 0 fully saturated rings. The van der Waals surface area contributed by atoms with Crippen molar-refractivity contribution in [2.24, 2.45) is 0 Å². The second kappa shape index (κ2) is 5.69. The molecule has 0 spiro atoms. The van der Waals surface area contributed by atoms with Crippen LogP contribution < -0.4 is 4.74 Å². The quantitative estimate of drug-likeness (QED) is 0.897. The Balaban J connectivity index is 2.21. The number of aromatic amines is 1. The lowest BCUT2D eigenvalue weighted by Gasteiger charge is -2.01. The molecule has 1 aromatic carbocycles. The maximum absolute atomic E-state index is 11.0. The van der Waals surface area contributed by atoms with Gasteiger partial charge < -0.3 is 14.5 Å². The number of aryl methyl sites for hydroxylation is 2. The van der Waals surface area contributed by atoms with E-state index in [0.717, 1.165) is 28.5 Å². The molecule has 0 saturated heterocycles. The van der Waals surface area contributed by atoms with Crippen LogP contribution >= 0.6 is 0 Å². The van der Waals surface area contributed by atoms with Crippen LogP contribution in [0, 0.1) is 6.92 Å². The number of hydrogen-bond acceptors (Lipinski definition) is 3. The van der Waals surface area contributed by atoms with Crippen LogP contribution in [-0.2, 0) is 11.2 Å². The maximum Gasteiger partial charge on any atom is 0.130 e. The summed E-state index contributed by atoms with van der Waals surface area (Å²) < 4.78 is 5.14. The summed E-state index contributed by atoms with van der Waals surface area (Å²) in [5, 5.41) is 0. The van der Waals surface area contributed by atoms with Crippen molar-refractivity contribution in [3.05, 3.63) is 35.8 Å². The minimum Gasteiger partial charge on any atom is -0.497 e. The van der Waals surface area contributed by atoms with Gasteiger partial charge in [-0.15, -0.1) is 0 Å². The topological polar surface area (TPSA) is 55.0 Å². The van der Waals surface area contributed by atoms with Gasteiger partial charge in [-0.25, -0.2) is 4.98 Å². The van der Waals surface area contributed by atoms with Crippen LogP contribution in [0.25, 0.3) is 11.3 Å². The van der Waals surface area contributed by atoms with Crippen molar-refractivity contribution in [3.63, 3.8) is 0 Å². The zero-order chi connectivity index (χ0) is 13.8. The van der Waals surface area contributed by atoms with Gasteiger partial charge in [-0.05, 0) is 38.1 Å². The van der Waals surface area contributed by atoms with E-state index in [1.165, 1.54) is 0 Å². The lowest BCUT2D eigenvalue weighted by Crippen LogP contribution is -1.95. The molecule has 0 aliphatic rings. The molecular formula is C15H18N2O2. The minimum absolute atomic E-state index is 0.181. The van der Waals surface area contributed by atoms with E-state index in [-0.39, 0.29) is 5.78 Å². The predicted octanol–water partition coefficient (Wildman–Crippen LogP) is 2.92. The number of nitrogens with zero attached hydrogens (tertiary/aromatic N) is 1. The summed E-state index contributed by atoms with van der Waals surface area (Å²) in [6.45, 7) is 3.59. The number of carbonyl (C=O) groups is 1. The number of rotatable bonds is 5. The Labute approximate surface area is 112 Å². The van der Waals surface area contributed by atoms with Gasteiger partial charge in [-0.2, -0.15) is 0 Å². The Morgan fingerprint density at radius 2 is 2.00 bits per heavy atom. The van der Waals surface area contributed by atoms with Crippen molar-refractivity contribution in [1.29, 1.82) is 0 Å². The molecule has 0 atom stereocenters. The van der Waals surface area contributed by atoms with Crippen LogP contribution in [-0.4, -0.2) is 22.9 Å². The normalized spacial score (nSPS) is 10.5. The predicted molar refractivity (Wildman–Crippen MR) is 74.3 cm³/mol. The van der Waals surface area contributed by atoms with E-state index in [0.29, 0.717) is 12.8 Å². The third-order valence-corrected chi connectivity index (χ3v) is 3.01. The number of hydrogen-bond donors (Lipinski definition) is 1. The highest BCUT2D eigenvalue weighted by atomic mass is 16.5. The number of H-pyrrole nitrogens is 1. The maximum atomic E-state index is 11.0. The van der Waals surface area contributed by atoms with Gasteiger partial charge in [0, 0.05) is 24.1 Å². The zero-order valence-corrected chi connectivity index (χ0v) is 11.5. The first kappa shape index (κ1) is 13.3. The zero-order valence-electron chi connectivity index (χ0n) is 11.5. The van der Waals surface area contributed by atoms with Crippen molar-refractivity contribution >= 4 is 5.78 Å². The summed E-state index contributed by atoms with van der Waals surface area (Å²) in [5.74, 6) is 1.87. The van der Waals surface area contributed by atoms with E-state index >= 15 is 0 Å². The lowest BCUT2D eigenvalue weighted by atomic mass is 10.1. The van der Waals surface area contributed by atoms with E-state index in [2.05, 4.69) is 9.97 Å². The molecule has 0 aliphatic carbocycles. The molecule has 100 valence electrons. The monoisotopic (exact) mass is 258 g/mol. The van der Waals surface area contributed by atoms with Gasteiger partial charge in [-0.3, -0.25) is 0 Å². The number of benzene rings is 1. The summed E-state index contributed by atoms with van der Waals surface area (Å²) in [6.07, 6.45) is 1.18. The number of ether oxygens (including phenoxy) is 1. The number of nitrogens with one attached hydrogen (secondary N) is 1. The fourth-order valence-electron chi connectivity index (χ4n) is 1.97. The van der Waals surface area contributed by atoms with Crippen LogP contribution in [0.1, 0.15) is 24.9 Å². The van der Waals surface area contributed by atoms with E-state index < -0.39 is 0 Å². The molecule has 2 aromatic rings. The number of methoxy groups -OCH3 is 1. The van der Waals surface area contributed by atoms with E-state index in [1.807, 2.05) is 31.2 Å². The summed E-state index contributed by atoms with van der Waals surface area (Å²) in [7, 11) is 1.65. The van der Waals surface area contributed by atoms with Gasteiger partial charge in [0.2, 0.25) is 0 Å². The number of carbonyl (C=O) groups excluding carboxylic acids is 1. The van der Waals surface area contributed by atoms with E-state index in [9.17, 15) is 4.79 Å². The first-order valence-electron chi connectivity index (χ1n) is 6.29. The van der Waals surface area contributed by atoms with Crippen molar-refractivity contribution in [1.82, 2.24) is 9.97 Å². The number of Topliss-reactive ketones (excluding diaryl/α,β-unsaturated/α-hetero) is 1. The number of ketones is 1. The third-order valence-electron chi connectivity index (χ3n) is 3.01. The summed E-state index contributed by atoms with van der Waals surface area (Å²) in [4.78, 5) is 18.8. The summed E-state index contributed by atoms with van der Waals surface area (Å²) >= 11 is 0. The first-order chi connectivity index (χ1) is 9.10. The van der Waals surface area contributed by atoms with Gasteiger partial charge in [0.1, 0.15) is 17.4 Å². The highest BCUT2D eigenvalue weighted by Gasteiger charge is 2.09. The first-order valence-corrected chi connectivity index (χ1v) is 6.29. The van der Waals surface area contributed by atoms with Crippen LogP contribution in [0.3, 0.4) is 0 Å². The van der Waals surface area contributed by atoms with Crippen LogP contribution in [0.2, 0.25) is 0 Å². The second-order valence-corrected chi connectivity index (χ2v) is 4.59. The Bertz CT molecular complexity index is 570. The van der Waals surface area contributed by atoms with E-state index in [1.54, 1.807) is 14.0 Å². The molecule has 0 unspecified atom stereocenters. The molecule has 19 heavy (non-hydrogen) atoms. The summed E-state index contributed by atoms with van der Waals surface area (Å²) in [5.41, 5.74) is 2.99. The molecule has 1 heterocycles. The third kappa shape index (κ3) is 3.22. The molecular weight excluding hydrogens is 240 g/mol. The van der Waals surface area contributed by atoms with Gasteiger partial charge in [0.05, 0.1) is 12.8 Å². The number of aromatic nitrogens is 2. The second-order valence-electron chi connectivity index (χ2n) is 4.59. The molecule has 0 amide bonds. The highest BCUT2D eigenvalue weighted by Crippen LogP contribution is 2.23. The standard InChI is InChI=1S/C15H18N2O2/c1-10(18)4-9-14-16-11(2)15(17-14)12-5-7-13(19-3)8-6-12/h5-8H,4,9H2,1-3H3,(H,16,17). The Kier molecular flexibility index (Phi) is 4.00. The largest absolute Gasteiger partial charge is 0.497 e. The Morgan fingerprint density at radius 3 is 2.58 bits per heavy atom. The summed E-state index contributed by atoms with van der Waals surface area (Å²) in [6, 6.07) is 7.80. The van der Waals surface area contributed by atoms with Gasteiger partial charge in [0.25, 0.3) is 0 Å². The van der Waals surface area contributed by atoms with Crippen LogP contribution in [0.15, 0.2) is 24.3 Å². The van der Waals surface area contributed by atoms with Gasteiger partial charge in [-0.1, -0.05) is 0 Å². The smallest absolute Gasteiger partial charge is 0.130 e. The number of imidazole rings is 1. The van der Waals surface area contributed by atoms with E-state index in [4.69, 9.17) is 4.74 Å². The van der Waals surface area contributed by atoms with Crippen molar-refractivity contribution in [2.45, 2.75) is 26.7 Å². The molecule has 4 nitrogen and oxygen atoms in total. The van der Waals surface area contributed by atoms with Crippen molar-refractivity contribution in [3.8, 4) is 17.0 Å². The molecule has 4 heteroatoms. The fourth-order valence-corrected chi connectivity index (χ4v) is 1.97. The molecule has 2 rings (SSSR count). The van der Waals surface area contributed by atoms with Crippen molar-refractivity contribution in [2.75, 3.05) is 7.11 Å². The average molecular weight is 258 g/mol. The molecule has 1 aromatic heterocycles. The molecule has 0 aliphatic heterocycles. The minimum atomic E-state index is 0.181. The van der Waals surface area contributed by atoms with Crippen molar-refractivity contribution < 1.29 is 9.53 Å². The Morgan fingerprint density at radius 1 is 1.32 bits per heavy atom. The van der Waals surface area contributed by atoms with Gasteiger partial charge >= 0.3 is 0 Å². The molecule has 0 radical (unpaired) electrons. The molecule has 0 bridgehead atoms. The van der Waals surface area contributed by atoms with Crippen LogP contribution in [0.5, 0.6) is 5.75 Å². The van der Waals surface area contributed by atoms with Gasteiger partial charge in [0.15, 0.2) is 0 Å². The SMILES string of the molecule is COc1ccc(-c2nc(CCC(C)=O)[nH]c2C)cc1. The fraction of sp³-hybridized carbons (Fsp3) is 0.333. The molecule has 1 N–H and O–H groups in total. The average Bonchev–Trinajstić information content (AvgIpc) is 2.78. The Hall–Kier alpha value is -2.10.